The van der Waals surface area contributed by atoms with Crippen LogP contribution in [0.3, 0.4) is 0 Å². The van der Waals surface area contributed by atoms with E-state index >= 15 is 0 Å². The number of anilines is 1. The number of hydrogen-bond acceptors (Lipinski definition) is 4. The van der Waals surface area contributed by atoms with E-state index < -0.39 is 0 Å². The molecule has 0 unspecified atom stereocenters. The number of hydrogen-bond donors (Lipinski definition) is 1. The highest BCUT2D eigenvalue weighted by molar-refractivity contribution is 6.30. The Morgan fingerprint density at radius 3 is 2.54 bits per heavy atom. The Morgan fingerprint density at radius 1 is 1.19 bits per heavy atom. The third-order valence-electron chi connectivity index (χ3n) is 4.81. The predicted molar refractivity (Wildman–Crippen MR) is 103 cm³/mol. The van der Waals surface area contributed by atoms with E-state index in [0.717, 1.165) is 18.8 Å². The number of nitrogens with one attached hydrogen (secondary N) is 1. The van der Waals surface area contributed by atoms with Crippen LogP contribution in [0, 0.1) is 20.8 Å². The van der Waals surface area contributed by atoms with Crippen LogP contribution < -0.4 is 10.5 Å². The lowest BCUT2D eigenvalue weighted by atomic mass is 10.1. The number of nitrogens with zero attached hydrogens (tertiary/aromatic N) is 3. The summed E-state index contributed by atoms with van der Waals surface area (Å²) >= 11 is 6.12. The van der Waals surface area contributed by atoms with Gasteiger partial charge in [0.05, 0.1) is 6.42 Å². The Bertz CT molecular complexity index is 886. The first-order valence-corrected chi connectivity index (χ1v) is 9.08. The van der Waals surface area contributed by atoms with E-state index in [4.69, 9.17) is 11.6 Å². The Labute approximate surface area is 157 Å². The number of aryl methyl sites for hydroxylation is 3. The molecule has 0 aliphatic carbocycles. The standard InChI is InChI=1S/C19H23ClN4O2/c1-12-4-5-15(20)10-17(12)23-6-8-24(9-7-23)18(25)11-16-13(2)21-14(3)22-19(16)26/h4-5,10H,6-9,11H2,1-3H3,(H,21,22,26). The Morgan fingerprint density at radius 2 is 1.88 bits per heavy atom. The molecule has 2 aromatic rings. The maximum absolute atomic E-state index is 12.6. The summed E-state index contributed by atoms with van der Waals surface area (Å²) in [5.41, 5.74) is 3.12. The Kier molecular flexibility index (Phi) is 5.32. The van der Waals surface area contributed by atoms with Gasteiger partial charge in [-0.1, -0.05) is 17.7 Å². The second kappa shape index (κ2) is 7.50. The average molecular weight is 375 g/mol. The van der Waals surface area contributed by atoms with E-state index in [-0.39, 0.29) is 17.9 Å². The third kappa shape index (κ3) is 3.90. The van der Waals surface area contributed by atoms with Crippen LogP contribution in [0.2, 0.25) is 5.02 Å². The minimum atomic E-state index is -0.225. The fourth-order valence-corrected chi connectivity index (χ4v) is 3.51. The van der Waals surface area contributed by atoms with Crippen molar-refractivity contribution in [3.63, 3.8) is 0 Å². The zero-order valence-electron chi connectivity index (χ0n) is 15.3. The molecule has 1 aliphatic rings. The Balaban J connectivity index is 1.66. The summed E-state index contributed by atoms with van der Waals surface area (Å²) in [6, 6.07) is 5.86. The SMILES string of the molecule is Cc1nc(C)c(CC(=O)N2CCN(c3cc(Cl)ccc3C)CC2)c(=O)[nH]1. The van der Waals surface area contributed by atoms with Crippen molar-refractivity contribution in [2.45, 2.75) is 27.2 Å². The number of piperazine rings is 1. The second-order valence-corrected chi connectivity index (χ2v) is 7.13. The van der Waals surface area contributed by atoms with Gasteiger partial charge < -0.3 is 14.8 Å². The third-order valence-corrected chi connectivity index (χ3v) is 5.05. The predicted octanol–water partition coefficient (Wildman–Crippen LogP) is 2.24. The van der Waals surface area contributed by atoms with Gasteiger partial charge in [0.25, 0.3) is 5.56 Å². The van der Waals surface area contributed by atoms with Crippen LogP contribution in [0.4, 0.5) is 5.69 Å². The molecule has 3 rings (SSSR count). The molecule has 1 aromatic carbocycles. The van der Waals surface area contributed by atoms with Crippen LogP contribution in [-0.4, -0.2) is 47.0 Å². The summed E-state index contributed by atoms with van der Waals surface area (Å²) in [6.45, 7) is 8.30. The molecule has 1 N–H and O–H groups in total. The molecule has 1 saturated heterocycles. The van der Waals surface area contributed by atoms with Crippen molar-refractivity contribution >= 4 is 23.2 Å². The molecule has 0 spiro atoms. The monoisotopic (exact) mass is 374 g/mol. The van der Waals surface area contributed by atoms with Gasteiger partial charge in [-0.15, -0.1) is 0 Å². The van der Waals surface area contributed by atoms with E-state index in [0.29, 0.717) is 35.2 Å². The van der Waals surface area contributed by atoms with Gasteiger partial charge in [-0.2, -0.15) is 0 Å². The number of aromatic amines is 1. The fourth-order valence-electron chi connectivity index (χ4n) is 3.34. The maximum Gasteiger partial charge on any atom is 0.254 e. The summed E-state index contributed by atoms with van der Waals surface area (Å²) in [7, 11) is 0. The van der Waals surface area contributed by atoms with Crippen molar-refractivity contribution in [3.05, 3.63) is 56.2 Å². The van der Waals surface area contributed by atoms with Gasteiger partial charge in [-0.25, -0.2) is 4.98 Å². The number of aromatic nitrogens is 2. The van der Waals surface area contributed by atoms with Gasteiger partial charge in [0, 0.05) is 48.1 Å². The molecule has 0 radical (unpaired) electrons. The van der Waals surface area contributed by atoms with Gasteiger partial charge >= 0.3 is 0 Å². The molecule has 2 heterocycles. The highest BCUT2D eigenvalue weighted by Gasteiger charge is 2.23. The number of carbonyl (C=O) groups excluding carboxylic acids is 1. The normalized spacial score (nSPS) is 14.6. The van der Waals surface area contributed by atoms with E-state index in [9.17, 15) is 9.59 Å². The number of benzene rings is 1. The molecule has 1 aromatic heterocycles. The van der Waals surface area contributed by atoms with Crippen molar-refractivity contribution in [1.29, 1.82) is 0 Å². The highest BCUT2D eigenvalue weighted by Crippen LogP contribution is 2.25. The van der Waals surface area contributed by atoms with E-state index in [1.807, 2.05) is 23.1 Å². The maximum atomic E-state index is 12.6. The zero-order valence-corrected chi connectivity index (χ0v) is 16.1. The lowest BCUT2D eigenvalue weighted by Crippen LogP contribution is -2.49. The second-order valence-electron chi connectivity index (χ2n) is 6.69. The van der Waals surface area contributed by atoms with Crippen LogP contribution in [0.5, 0.6) is 0 Å². The van der Waals surface area contributed by atoms with Crippen molar-refractivity contribution in [1.82, 2.24) is 14.9 Å². The molecule has 138 valence electrons. The average Bonchev–Trinajstić information content (AvgIpc) is 2.60. The molecule has 6 nitrogen and oxygen atoms in total. The number of carbonyl (C=O) groups is 1. The molecule has 26 heavy (non-hydrogen) atoms. The van der Waals surface area contributed by atoms with Crippen molar-refractivity contribution < 1.29 is 4.79 Å². The smallest absolute Gasteiger partial charge is 0.254 e. The topological polar surface area (TPSA) is 69.3 Å². The number of H-pyrrole nitrogens is 1. The Hall–Kier alpha value is -2.34. The van der Waals surface area contributed by atoms with Crippen LogP contribution >= 0.6 is 11.6 Å². The molecule has 7 heteroatoms. The van der Waals surface area contributed by atoms with Crippen LogP contribution in [0.15, 0.2) is 23.0 Å². The molecular weight excluding hydrogens is 352 g/mol. The molecular formula is C19H23ClN4O2. The lowest BCUT2D eigenvalue weighted by molar-refractivity contribution is -0.130. The summed E-state index contributed by atoms with van der Waals surface area (Å²) in [5, 5.41) is 0.714. The van der Waals surface area contributed by atoms with Gasteiger partial charge in [0.1, 0.15) is 5.82 Å². The van der Waals surface area contributed by atoms with E-state index in [1.54, 1.807) is 13.8 Å². The van der Waals surface area contributed by atoms with E-state index in [1.165, 1.54) is 5.56 Å². The number of rotatable bonds is 3. The van der Waals surface area contributed by atoms with Gasteiger partial charge in [0.15, 0.2) is 0 Å². The largest absolute Gasteiger partial charge is 0.368 e. The summed E-state index contributed by atoms with van der Waals surface area (Å²) in [6.07, 6.45) is 0.0879. The lowest BCUT2D eigenvalue weighted by Gasteiger charge is -2.37. The molecule has 0 atom stereocenters. The first kappa shape index (κ1) is 18.5. The molecule has 1 aliphatic heterocycles. The van der Waals surface area contributed by atoms with Gasteiger partial charge in [-0.3, -0.25) is 9.59 Å². The van der Waals surface area contributed by atoms with E-state index in [2.05, 4.69) is 21.8 Å². The minimum absolute atomic E-state index is 0.0354. The van der Waals surface area contributed by atoms with Crippen LogP contribution in [-0.2, 0) is 11.2 Å². The molecule has 0 saturated carbocycles. The van der Waals surface area contributed by atoms with Crippen molar-refractivity contribution in [2.75, 3.05) is 31.1 Å². The van der Waals surface area contributed by atoms with Crippen molar-refractivity contribution in [2.24, 2.45) is 0 Å². The van der Waals surface area contributed by atoms with Gasteiger partial charge in [-0.05, 0) is 38.5 Å². The van der Waals surface area contributed by atoms with Crippen LogP contribution in [0.25, 0.3) is 0 Å². The summed E-state index contributed by atoms with van der Waals surface area (Å²) in [5.74, 6) is 0.529. The summed E-state index contributed by atoms with van der Waals surface area (Å²) in [4.78, 5) is 35.7. The van der Waals surface area contributed by atoms with Crippen LogP contribution in [0.1, 0.15) is 22.6 Å². The first-order chi connectivity index (χ1) is 12.3. The quantitative estimate of drug-likeness (QED) is 0.894. The number of halogens is 1. The fraction of sp³-hybridized carbons (Fsp3) is 0.421. The number of amides is 1. The highest BCUT2D eigenvalue weighted by atomic mass is 35.5. The molecule has 1 amide bonds. The molecule has 1 fully saturated rings. The summed E-state index contributed by atoms with van der Waals surface area (Å²) < 4.78 is 0. The van der Waals surface area contributed by atoms with Gasteiger partial charge in [0.2, 0.25) is 5.91 Å². The van der Waals surface area contributed by atoms with Crippen molar-refractivity contribution in [3.8, 4) is 0 Å². The minimum Gasteiger partial charge on any atom is -0.368 e. The first-order valence-electron chi connectivity index (χ1n) is 8.70. The zero-order chi connectivity index (χ0) is 18.8. The molecule has 0 bridgehead atoms.